The normalized spacial score (nSPS) is 11.3. The molecule has 0 saturated heterocycles. The van der Waals surface area contributed by atoms with Crippen LogP contribution in [-0.4, -0.2) is 22.0 Å². The van der Waals surface area contributed by atoms with E-state index < -0.39 is 0 Å². The smallest absolute Gasteiger partial charge is 0.243 e. The summed E-state index contributed by atoms with van der Waals surface area (Å²) in [5, 5.41) is 4.21. The number of aryl methyl sites for hydroxylation is 1. The maximum Gasteiger partial charge on any atom is 0.243 e. The van der Waals surface area contributed by atoms with Gasteiger partial charge < -0.3 is 9.88 Å². The third-order valence-electron chi connectivity index (χ3n) is 5.21. The monoisotopic (exact) mass is 463 g/mol. The lowest BCUT2D eigenvalue weighted by atomic mass is 10.2. The van der Waals surface area contributed by atoms with Crippen molar-refractivity contribution in [3.63, 3.8) is 0 Å². The first-order valence-corrected chi connectivity index (χ1v) is 11.3. The highest BCUT2D eigenvalue weighted by molar-refractivity contribution is 6.36. The molecular formula is C26H23Cl2N3O. The zero-order chi connectivity index (χ0) is 22.3. The van der Waals surface area contributed by atoms with E-state index in [1.54, 1.807) is 6.08 Å². The van der Waals surface area contributed by atoms with Crippen molar-refractivity contribution in [2.24, 2.45) is 0 Å². The van der Waals surface area contributed by atoms with Gasteiger partial charge in [-0.3, -0.25) is 4.79 Å². The van der Waals surface area contributed by atoms with Crippen LogP contribution in [0, 0.1) is 0 Å². The van der Waals surface area contributed by atoms with Crippen LogP contribution >= 0.6 is 23.2 Å². The van der Waals surface area contributed by atoms with E-state index in [-0.39, 0.29) is 5.91 Å². The van der Waals surface area contributed by atoms with E-state index in [0.29, 0.717) is 23.1 Å². The first kappa shape index (κ1) is 22.1. The standard InChI is InChI=1S/C26H23Cl2N3O/c27-21-10-6-11-22(28)20(21)18-31-24-13-5-4-12-23(24)30-25(31)14-7-17-29-26(32)16-15-19-8-2-1-3-9-19/h1-6,8-13,15-16H,7,14,17-18H2,(H,29,32)/b16-15+. The Kier molecular flexibility index (Phi) is 7.25. The van der Waals surface area contributed by atoms with Gasteiger partial charge in [0.2, 0.25) is 5.91 Å². The summed E-state index contributed by atoms with van der Waals surface area (Å²) in [6.07, 6.45) is 4.86. The summed E-state index contributed by atoms with van der Waals surface area (Å²) >= 11 is 12.8. The molecule has 0 atom stereocenters. The Morgan fingerprint density at radius 3 is 2.44 bits per heavy atom. The predicted octanol–water partition coefficient (Wildman–Crippen LogP) is 6.15. The topological polar surface area (TPSA) is 46.9 Å². The Morgan fingerprint density at radius 2 is 1.66 bits per heavy atom. The summed E-state index contributed by atoms with van der Waals surface area (Å²) in [6.45, 7) is 1.11. The van der Waals surface area contributed by atoms with Gasteiger partial charge in [0.1, 0.15) is 5.82 Å². The summed E-state index contributed by atoms with van der Waals surface area (Å²) in [6, 6.07) is 23.3. The van der Waals surface area contributed by atoms with Crippen molar-refractivity contribution in [3.8, 4) is 0 Å². The van der Waals surface area contributed by atoms with E-state index in [4.69, 9.17) is 28.2 Å². The SMILES string of the molecule is O=C(/C=C/c1ccccc1)NCCCc1nc2ccccc2n1Cc1c(Cl)cccc1Cl. The van der Waals surface area contributed by atoms with Crippen molar-refractivity contribution in [1.82, 2.24) is 14.9 Å². The molecule has 1 amide bonds. The Bertz CT molecular complexity index is 1230. The lowest BCUT2D eigenvalue weighted by Crippen LogP contribution is -2.22. The zero-order valence-corrected chi connectivity index (χ0v) is 19.0. The molecular weight excluding hydrogens is 441 g/mol. The number of halogens is 2. The number of para-hydroxylation sites is 2. The molecule has 1 aromatic heterocycles. The van der Waals surface area contributed by atoms with Crippen molar-refractivity contribution in [2.75, 3.05) is 6.54 Å². The number of hydrogen-bond donors (Lipinski definition) is 1. The van der Waals surface area contributed by atoms with Crippen molar-refractivity contribution in [2.45, 2.75) is 19.4 Å². The van der Waals surface area contributed by atoms with Crippen molar-refractivity contribution in [3.05, 3.63) is 106 Å². The predicted molar refractivity (Wildman–Crippen MR) is 132 cm³/mol. The molecule has 0 unspecified atom stereocenters. The minimum absolute atomic E-state index is 0.106. The average Bonchev–Trinajstić information content (AvgIpc) is 3.16. The number of hydrogen-bond acceptors (Lipinski definition) is 2. The van der Waals surface area contributed by atoms with E-state index >= 15 is 0 Å². The molecule has 0 aliphatic carbocycles. The third kappa shape index (κ3) is 5.39. The second kappa shape index (κ2) is 10.5. The van der Waals surface area contributed by atoms with Gasteiger partial charge in [0, 0.05) is 34.7 Å². The second-order valence-corrected chi connectivity index (χ2v) is 8.26. The molecule has 162 valence electrons. The van der Waals surface area contributed by atoms with Crippen LogP contribution in [0.2, 0.25) is 10.0 Å². The van der Waals surface area contributed by atoms with E-state index in [2.05, 4.69) is 9.88 Å². The molecule has 3 aromatic carbocycles. The zero-order valence-electron chi connectivity index (χ0n) is 17.5. The van der Waals surface area contributed by atoms with Gasteiger partial charge in [-0.15, -0.1) is 0 Å². The van der Waals surface area contributed by atoms with E-state index in [0.717, 1.165) is 40.8 Å². The van der Waals surface area contributed by atoms with Gasteiger partial charge in [-0.1, -0.05) is 71.7 Å². The van der Waals surface area contributed by atoms with E-state index in [1.165, 1.54) is 0 Å². The summed E-state index contributed by atoms with van der Waals surface area (Å²) in [5.74, 6) is 0.835. The van der Waals surface area contributed by atoms with Crippen LogP contribution < -0.4 is 5.32 Å². The molecule has 1 N–H and O–H groups in total. The number of rotatable bonds is 8. The number of nitrogens with one attached hydrogen (secondary N) is 1. The largest absolute Gasteiger partial charge is 0.353 e. The molecule has 4 rings (SSSR count). The first-order valence-electron chi connectivity index (χ1n) is 10.5. The lowest BCUT2D eigenvalue weighted by Gasteiger charge is -2.12. The highest BCUT2D eigenvalue weighted by atomic mass is 35.5. The minimum Gasteiger partial charge on any atom is -0.353 e. The molecule has 0 aliphatic heterocycles. The molecule has 0 bridgehead atoms. The minimum atomic E-state index is -0.106. The van der Waals surface area contributed by atoms with Crippen LogP contribution in [0.3, 0.4) is 0 Å². The summed E-state index contributed by atoms with van der Waals surface area (Å²) in [7, 11) is 0. The number of aromatic nitrogens is 2. The van der Waals surface area contributed by atoms with Crippen LogP contribution in [0.1, 0.15) is 23.4 Å². The summed E-state index contributed by atoms with van der Waals surface area (Å²) < 4.78 is 2.15. The molecule has 1 heterocycles. The van der Waals surface area contributed by atoms with Crippen molar-refractivity contribution < 1.29 is 4.79 Å². The van der Waals surface area contributed by atoms with Crippen molar-refractivity contribution >= 4 is 46.2 Å². The molecule has 0 saturated carbocycles. The summed E-state index contributed by atoms with van der Waals surface area (Å²) in [4.78, 5) is 16.9. The highest BCUT2D eigenvalue weighted by Crippen LogP contribution is 2.27. The fraction of sp³-hybridized carbons (Fsp3) is 0.154. The van der Waals surface area contributed by atoms with Gasteiger partial charge in [0.25, 0.3) is 0 Å². The van der Waals surface area contributed by atoms with Gasteiger partial charge in [-0.25, -0.2) is 4.98 Å². The van der Waals surface area contributed by atoms with Gasteiger partial charge in [0.15, 0.2) is 0 Å². The third-order valence-corrected chi connectivity index (χ3v) is 5.92. The van der Waals surface area contributed by atoms with E-state index in [1.807, 2.05) is 78.9 Å². The highest BCUT2D eigenvalue weighted by Gasteiger charge is 2.14. The second-order valence-electron chi connectivity index (χ2n) is 7.44. The number of benzene rings is 3. The molecule has 6 heteroatoms. The maximum atomic E-state index is 12.1. The molecule has 4 nitrogen and oxygen atoms in total. The van der Waals surface area contributed by atoms with Crippen LogP contribution in [0.25, 0.3) is 17.1 Å². The van der Waals surface area contributed by atoms with Crippen LogP contribution in [0.15, 0.2) is 78.9 Å². The maximum absolute atomic E-state index is 12.1. The van der Waals surface area contributed by atoms with Crippen LogP contribution in [0.5, 0.6) is 0 Å². The number of carbonyl (C=O) groups excluding carboxylic acids is 1. The number of imidazole rings is 1. The fourth-order valence-electron chi connectivity index (χ4n) is 3.59. The van der Waals surface area contributed by atoms with Gasteiger partial charge in [-0.2, -0.15) is 0 Å². The van der Waals surface area contributed by atoms with Crippen LogP contribution in [-0.2, 0) is 17.8 Å². The molecule has 4 aromatic rings. The Balaban J connectivity index is 1.42. The van der Waals surface area contributed by atoms with Gasteiger partial charge in [-0.05, 0) is 42.3 Å². The van der Waals surface area contributed by atoms with Crippen molar-refractivity contribution in [1.29, 1.82) is 0 Å². The average molecular weight is 464 g/mol. The molecule has 0 radical (unpaired) electrons. The number of amides is 1. The molecule has 32 heavy (non-hydrogen) atoms. The molecule has 0 aliphatic rings. The Labute approximate surface area is 197 Å². The molecule has 0 fully saturated rings. The lowest BCUT2D eigenvalue weighted by molar-refractivity contribution is -0.116. The number of fused-ring (bicyclic) bond motifs is 1. The summed E-state index contributed by atoms with van der Waals surface area (Å²) in [5.41, 5.74) is 3.84. The Hall–Kier alpha value is -3.08. The quantitative estimate of drug-likeness (QED) is 0.251. The molecule has 0 spiro atoms. The van der Waals surface area contributed by atoms with Gasteiger partial charge in [0.05, 0.1) is 17.6 Å². The number of nitrogens with zero attached hydrogens (tertiary/aromatic N) is 2. The first-order chi connectivity index (χ1) is 15.6. The van der Waals surface area contributed by atoms with Crippen LogP contribution in [0.4, 0.5) is 0 Å². The van der Waals surface area contributed by atoms with Gasteiger partial charge >= 0.3 is 0 Å². The number of carbonyl (C=O) groups is 1. The van der Waals surface area contributed by atoms with E-state index in [9.17, 15) is 4.79 Å². The fourth-order valence-corrected chi connectivity index (χ4v) is 4.10. The Morgan fingerprint density at radius 1 is 0.938 bits per heavy atom.